The van der Waals surface area contributed by atoms with Crippen LogP contribution < -0.4 is 0 Å². The lowest BCUT2D eigenvalue weighted by Crippen LogP contribution is -1.90. The molecule has 0 N–H and O–H groups in total. The Labute approximate surface area is 61.9 Å². The topological polar surface area (TPSA) is 66.9 Å². The number of hydrogen-bond acceptors (Lipinski definition) is 4. The first-order valence-electron chi connectivity index (χ1n) is 2.97. The van der Waals surface area contributed by atoms with Crippen molar-refractivity contribution in [3.63, 3.8) is 0 Å². The van der Waals surface area contributed by atoms with E-state index in [0.29, 0.717) is 11.2 Å². The summed E-state index contributed by atoms with van der Waals surface area (Å²) in [6.07, 6.45) is 4.62. The molecule has 52 valence electrons. The van der Waals surface area contributed by atoms with Crippen molar-refractivity contribution in [1.29, 1.82) is 5.26 Å². The molecule has 0 bridgehead atoms. The molecule has 0 atom stereocenters. The van der Waals surface area contributed by atoms with Crippen LogP contribution in [0.15, 0.2) is 18.6 Å². The summed E-state index contributed by atoms with van der Waals surface area (Å²) in [7, 11) is 0. The highest BCUT2D eigenvalue weighted by atomic mass is 15.3. The molecule has 2 aromatic rings. The van der Waals surface area contributed by atoms with Gasteiger partial charge in [-0.2, -0.15) is 15.5 Å². The van der Waals surface area contributed by atoms with Gasteiger partial charge in [0.15, 0.2) is 5.65 Å². The van der Waals surface area contributed by atoms with Gasteiger partial charge in [0.2, 0.25) is 0 Å². The molecular weight excluding hydrogens is 142 g/mol. The third-order valence-electron chi connectivity index (χ3n) is 1.32. The maximum Gasteiger partial charge on any atom is 0.195 e. The van der Waals surface area contributed by atoms with E-state index in [-0.39, 0.29) is 0 Å². The van der Waals surface area contributed by atoms with Gasteiger partial charge in [0.05, 0.1) is 18.6 Å². The molecule has 0 fully saturated rings. The van der Waals surface area contributed by atoms with Crippen molar-refractivity contribution >= 4 is 5.65 Å². The maximum absolute atomic E-state index is 8.55. The molecule has 0 radical (unpaired) electrons. The second-order valence-electron chi connectivity index (χ2n) is 1.95. The molecule has 5 heteroatoms. The smallest absolute Gasteiger partial charge is 0.195 e. The van der Waals surface area contributed by atoms with Gasteiger partial charge in [-0.25, -0.2) is 4.52 Å². The van der Waals surface area contributed by atoms with Crippen molar-refractivity contribution in [3.05, 3.63) is 24.2 Å². The van der Waals surface area contributed by atoms with Crippen molar-refractivity contribution in [2.45, 2.75) is 0 Å². The van der Waals surface area contributed by atoms with Crippen LogP contribution in [0.5, 0.6) is 0 Å². The number of nitriles is 1. The van der Waals surface area contributed by atoms with E-state index in [0.717, 1.165) is 0 Å². The van der Waals surface area contributed by atoms with Gasteiger partial charge in [-0.05, 0) is 0 Å². The zero-order valence-electron chi connectivity index (χ0n) is 5.47. The monoisotopic (exact) mass is 145 g/mol. The number of fused-ring (bicyclic) bond motifs is 1. The minimum atomic E-state index is 0.443. The molecule has 0 unspecified atom stereocenters. The highest BCUT2D eigenvalue weighted by Crippen LogP contribution is 2.02. The molecule has 0 saturated heterocycles. The molecular formula is C6H3N5. The van der Waals surface area contributed by atoms with Crippen LogP contribution in [0.3, 0.4) is 0 Å². The lowest BCUT2D eigenvalue weighted by Gasteiger charge is -1.86. The predicted molar refractivity (Wildman–Crippen MR) is 35.5 cm³/mol. The summed E-state index contributed by atoms with van der Waals surface area (Å²) in [4.78, 5) is 0. The molecule has 0 aliphatic heterocycles. The van der Waals surface area contributed by atoms with Crippen LogP contribution in [0.1, 0.15) is 5.56 Å². The van der Waals surface area contributed by atoms with Crippen molar-refractivity contribution in [1.82, 2.24) is 19.8 Å². The van der Waals surface area contributed by atoms with E-state index >= 15 is 0 Å². The Morgan fingerprint density at radius 3 is 3.27 bits per heavy atom. The fourth-order valence-electron chi connectivity index (χ4n) is 0.824. The molecule has 0 spiro atoms. The van der Waals surface area contributed by atoms with Gasteiger partial charge in [-0.15, -0.1) is 5.10 Å². The maximum atomic E-state index is 8.55. The molecule has 0 aromatic carbocycles. The summed E-state index contributed by atoms with van der Waals surface area (Å²) in [5.41, 5.74) is 0.938. The quantitative estimate of drug-likeness (QED) is 0.523. The van der Waals surface area contributed by atoms with Gasteiger partial charge < -0.3 is 0 Å². The summed E-state index contributed by atoms with van der Waals surface area (Å²) in [5, 5.41) is 19.8. The van der Waals surface area contributed by atoms with E-state index in [1.807, 2.05) is 6.07 Å². The van der Waals surface area contributed by atoms with Crippen LogP contribution in [-0.2, 0) is 0 Å². The number of hydrogen-bond donors (Lipinski definition) is 0. The first kappa shape index (κ1) is 5.80. The minimum absolute atomic E-state index is 0.443. The van der Waals surface area contributed by atoms with Crippen molar-refractivity contribution < 1.29 is 0 Å². The van der Waals surface area contributed by atoms with E-state index in [2.05, 4.69) is 15.3 Å². The Kier molecular flexibility index (Phi) is 1.07. The highest BCUT2D eigenvalue weighted by molar-refractivity contribution is 5.52. The Morgan fingerprint density at radius 2 is 2.45 bits per heavy atom. The van der Waals surface area contributed by atoms with Gasteiger partial charge in [-0.1, -0.05) is 0 Å². The fourth-order valence-corrected chi connectivity index (χ4v) is 0.824. The third kappa shape index (κ3) is 0.730. The first-order chi connectivity index (χ1) is 5.42. The summed E-state index contributed by atoms with van der Waals surface area (Å²) in [6, 6.07) is 1.96. The minimum Gasteiger partial charge on any atom is -0.218 e. The standard InChI is InChI=1S/C6H3N5/c7-3-5-4-9-11-2-1-8-10-6(5)11/h1-2,4H. The van der Waals surface area contributed by atoms with Gasteiger partial charge in [0, 0.05) is 0 Å². The molecule has 11 heavy (non-hydrogen) atoms. The molecule has 2 heterocycles. The molecule has 0 amide bonds. The van der Waals surface area contributed by atoms with E-state index in [9.17, 15) is 0 Å². The number of nitrogens with zero attached hydrogens (tertiary/aromatic N) is 5. The Bertz CT molecular complexity index is 424. The second kappa shape index (κ2) is 2.02. The zero-order chi connectivity index (χ0) is 7.68. The lowest BCUT2D eigenvalue weighted by atomic mass is 10.4. The molecule has 0 saturated carbocycles. The molecule has 2 rings (SSSR count). The van der Waals surface area contributed by atoms with Crippen LogP contribution in [0.4, 0.5) is 0 Å². The normalized spacial score (nSPS) is 9.73. The summed E-state index contributed by atoms with van der Waals surface area (Å²) in [5.74, 6) is 0. The fraction of sp³-hybridized carbons (Fsp3) is 0. The highest BCUT2D eigenvalue weighted by Gasteiger charge is 2.01. The van der Waals surface area contributed by atoms with E-state index in [1.165, 1.54) is 16.9 Å². The largest absolute Gasteiger partial charge is 0.218 e. The first-order valence-corrected chi connectivity index (χ1v) is 2.97. The van der Waals surface area contributed by atoms with Crippen LogP contribution >= 0.6 is 0 Å². The summed E-state index contributed by atoms with van der Waals surface area (Å²) >= 11 is 0. The van der Waals surface area contributed by atoms with Crippen LogP contribution in [0.25, 0.3) is 5.65 Å². The van der Waals surface area contributed by atoms with E-state index in [4.69, 9.17) is 5.26 Å². The average Bonchev–Trinajstić information content (AvgIpc) is 2.47. The van der Waals surface area contributed by atoms with Gasteiger partial charge in [0.1, 0.15) is 11.6 Å². The molecule has 2 aromatic heterocycles. The zero-order valence-corrected chi connectivity index (χ0v) is 5.47. The summed E-state index contributed by atoms with van der Waals surface area (Å²) < 4.78 is 1.51. The van der Waals surface area contributed by atoms with E-state index < -0.39 is 0 Å². The SMILES string of the molecule is N#Cc1cnn2ccnnc12. The number of aromatic nitrogens is 4. The van der Waals surface area contributed by atoms with Gasteiger partial charge in [0.25, 0.3) is 0 Å². The molecule has 5 nitrogen and oxygen atoms in total. The van der Waals surface area contributed by atoms with Crippen molar-refractivity contribution in [3.8, 4) is 6.07 Å². The van der Waals surface area contributed by atoms with Gasteiger partial charge >= 0.3 is 0 Å². The summed E-state index contributed by atoms with van der Waals surface area (Å²) in [6.45, 7) is 0. The van der Waals surface area contributed by atoms with Crippen LogP contribution in [0.2, 0.25) is 0 Å². The van der Waals surface area contributed by atoms with Crippen LogP contribution in [0, 0.1) is 11.3 Å². The van der Waals surface area contributed by atoms with Gasteiger partial charge in [-0.3, -0.25) is 0 Å². The van der Waals surface area contributed by atoms with Crippen LogP contribution in [-0.4, -0.2) is 19.8 Å². The molecule has 0 aliphatic carbocycles. The molecule has 0 aliphatic rings. The van der Waals surface area contributed by atoms with E-state index in [1.54, 1.807) is 6.20 Å². The Hall–Kier alpha value is -1.96. The second-order valence-corrected chi connectivity index (χ2v) is 1.95. The Balaban J connectivity index is 2.89. The lowest BCUT2D eigenvalue weighted by molar-refractivity contribution is 0.889. The number of rotatable bonds is 0. The Morgan fingerprint density at radius 1 is 1.55 bits per heavy atom. The third-order valence-corrected chi connectivity index (χ3v) is 1.32. The average molecular weight is 145 g/mol. The van der Waals surface area contributed by atoms with Crippen molar-refractivity contribution in [2.75, 3.05) is 0 Å². The van der Waals surface area contributed by atoms with Crippen molar-refractivity contribution in [2.24, 2.45) is 0 Å². The predicted octanol–water partition coefficient (Wildman–Crippen LogP) is -0.00402.